The van der Waals surface area contributed by atoms with Gasteiger partial charge >= 0.3 is 0 Å². The highest BCUT2D eigenvalue weighted by Gasteiger charge is 2.25. The standard InChI is InChI=1S/C17H22ClN3O4S2/c1-12-11-26-16(20-12)6-4-5-9-19-17(22)13-7-8-14(18)15(10-13)27(23,24)21(2)25-3/h7-8,10-11H,4-6,9H2,1-3H3,(H,19,22). The van der Waals surface area contributed by atoms with E-state index in [9.17, 15) is 13.2 Å². The molecule has 7 nitrogen and oxygen atoms in total. The van der Waals surface area contributed by atoms with Gasteiger partial charge in [-0.25, -0.2) is 13.4 Å². The number of hydrogen-bond acceptors (Lipinski definition) is 6. The third kappa shape index (κ3) is 5.73. The van der Waals surface area contributed by atoms with Crippen LogP contribution in [-0.2, 0) is 21.3 Å². The molecule has 10 heteroatoms. The molecule has 0 aliphatic rings. The topological polar surface area (TPSA) is 88.6 Å². The second-order valence-electron chi connectivity index (χ2n) is 5.84. The van der Waals surface area contributed by atoms with Gasteiger partial charge in [0.1, 0.15) is 4.90 Å². The molecule has 1 heterocycles. The van der Waals surface area contributed by atoms with Gasteiger partial charge in [-0.1, -0.05) is 16.1 Å². The monoisotopic (exact) mass is 431 g/mol. The quantitative estimate of drug-likeness (QED) is 0.487. The Morgan fingerprint density at radius 3 is 2.74 bits per heavy atom. The molecule has 1 aromatic carbocycles. The largest absolute Gasteiger partial charge is 0.352 e. The average molecular weight is 432 g/mol. The molecule has 0 unspecified atom stereocenters. The van der Waals surface area contributed by atoms with Crippen LogP contribution in [0.4, 0.5) is 0 Å². The fraction of sp³-hybridized carbons (Fsp3) is 0.412. The Labute approximate surface area is 168 Å². The van der Waals surface area contributed by atoms with Crippen LogP contribution in [0.3, 0.4) is 0 Å². The van der Waals surface area contributed by atoms with Gasteiger partial charge in [0, 0.05) is 30.2 Å². The molecule has 27 heavy (non-hydrogen) atoms. The zero-order chi connectivity index (χ0) is 20.0. The highest BCUT2D eigenvalue weighted by molar-refractivity contribution is 7.89. The highest BCUT2D eigenvalue weighted by Crippen LogP contribution is 2.25. The van der Waals surface area contributed by atoms with Crippen LogP contribution in [0.25, 0.3) is 0 Å². The van der Waals surface area contributed by atoms with Crippen molar-refractivity contribution >= 4 is 38.9 Å². The van der Waals surface area contributed by atoms with Crippen molar-refractivity contribution in [2.45, 2.75) is 31.1 Å². The fourth-order valence-corrected chi connectivity index (χ4v) is 4.59. The van der Waals surface area contributed by atoms with Crippen LogP contribution in [0.2, 0.25) is 5.02 Å². The smallest absolute Gasteiger partial charge is 0.266 e. The number of nitrogens with zero attached hydrogens (tertiary/aromatic N) is 2. The minimum absolute atomic E-state index is 0.0224. The summed E-state index contributed by atoms with van der Waals surface area (Å²) in [5.41, 5.74) is 1.24. The maximum atomic E-state index is 12.4. The summed E-state index contributed by atoms with van der Waals surface area (Å²) in [4.78, 5) is 21.3. The number of carbonyl (C=O) groups is 1. The Morgan fingerprint density at radius 1 is 1.37 bits per heavy atom. The minimum Gasteiger partial charge on any atom is -0.352 e. The van der Waals surface area contributed by atoms with E-state index in [1.807, 2.05) is 12.3 Å². The Hall–Kier alpha value is -1.52. The van der Waals surface area contributed by atoms with E-state index in [2.05, 4.69) is 10.3 Å². The molecule has 0 saturated carbocycles. The van der Waals surface area contributed by atoms with Gasteiger partial charge in [0.2, 0.25) is 0 Å². The molecule has 1 N–H and O–H groups in total. The number of nitrogens with one attached hydrogen (secondary N) is 1. The lowest BCUT2D eigenvalue weighted by atomic mass is 10.2. The average Bonchev–Trinajstić information content (AvgIpc) is 3.05. The zero-order valence-electron chi connectivity index (χ0n) is 15.4. The summed E-state index contributed by atoms with van der Waals surface area (Å²) >= 11 is 7.63. The molecule has 0 aliphatic carbocycles. The second kappa shape index (κ2) is 9.61. The van der Waals surface area contributed by atoms with Gasteiger partial charge in [-0.3, -0.25) is 9.63 Å². The van der Waals surface area contributed by atoms with Gasteiger partial charge in [-0.15, -0.1) is 11.3 Å². The van der Waals surface area contributed by atoms with E-state index in [0.29, 0.717) is 11.0 Å². The van der Waals surface area contributed by atoms with Gasteiger partial charge in [0.05, 0.1) is 17.1 Å². The first-order chi connectivity index (χ1) is 12.8. The molecule has 2 aromatic rings. The number of halogens is 1. The van der Waals surface area contributed by atoms with Crippen LogP contribution in [0.15, 0.2) is 28.5 Å². The van der Waals surface area contributed by atoms with E-state index in [1.165, 1.54) is 32.4 Å². The number of unbranched alkanes of at least 4 members (excludes halogenated alkanes) is 1. The van der Waals surface area contributed by atoms with E-state index >= 15 is 0 Å². The van der Waals surface area contributed by atoms with E-state index in [4.69, 9.17) is 16.4 Å². The Balaban J connectivity index is 1.93. The molecule has 0 bridgehead atoms. The third-order valence-corrected chi connectivity index (χ3v) is 7.02. The summed E-state index contributed by atoms with van der Waals surface area (Å²) in [5, 5.41) is 5.92. The Kier molecular flexibility index (Phi) is 7.75. The van der Waals surface area contributed by atoms with Gasteiger partial charge < -0.3 is 5.32 Å². The van der Waals surface area contributed by atoms with Crippen molar-refractivity contribution in [3.8, 4) is 0 Å². The van der Waals surface area contributed by atoms with Crippen molar-refractivity contribution in [3.63, 3.8) is 0 Å². The Bertz CT molecular complexity index is 899. The molecule has 0 spiro atoms. The van der Waals surface area contributed by atoms with Crippen LogP contribution in [0.5, 0.6) is 0 Å². The maximum absolute atomic E-state index is 12.4. The van der Waals surface area contributed by atoms with Crippen molar-refractivity contribution in [1.29, 1.82) is 0 Å². The molecule has 0 aliphatic heterocycles. The lowest BCUT2D eigenvalue weighted by Gasteiger charge is -2.15. The molecule has 0 atom stereocenters. The summed E-state index contributed by atoms with van der Waals surface area (Å²) in [6.45, 7) is 2.46. The van der Waals surface area contributed by atoms with Crippen LogP contribution < -0.4 is 5.32 Å². The minimum atomic E-state index is -3.94. The van der Waals surface area contributed by atoms with Crippen LogP contribution in [-0.4, -0.2) is 44.5 Å². The third-order valence-electron chi connectivity index (χ3n) is 3.84. The van der Waals surface area contributed by atoms with E-state index in [0.717, 1.165) is 30.0 Å². The van der Waals surface area contributed by atoms with Crippen molar-refractivity contribution in [1.82, 2.24) is 14.8 Å². The normalized spacial score (nSPS) is 11.7. The summed E-state index contributed by atoms with van der Waals surface area (Å²) in [6, 6.07) is 4.13. The fourth-order valence-electron chi connectivity index (χ4n) is 2.30. The molecular weight excluding hydrogens is 410 g/mol. The van der Waals surface area contributed by atoms with E-state index in [-0.39, 0.29) is 21.4 Å². The number of amides is 1. The van der Waals surface area contributed by atoms with Crippen molar-refractivity contribution in [2.24, 2.45) is 0 Å². The number of aromatic nitrogens is 1. The first-order valence-electron chi connectivity index (χ1n) is 8.27. The molecule has 1 amide bonds. The number of aryl methyl sites for hydroxylation is 2. The first kappa shape index (κ1) is 21.8. The summed E-state index contributed by atoms with van der Waals surface area (Å²) in [6.07, 6.45) is 2.59. The molecular formula is C17H22ClN3O4S2. The number of hydroxylamine groups is 1. The molecule has 1 aromatic heterocycles. The molecule has 148 valence electrons. The SMILES string of the molecule is CON(C)S(=O)(=O)c1cc(C(=O)NCCCCc2nc(C)cs2)ccc1Cl. The summed E-state index contributed by atoms with van der Waals surface area (Å²) < 4.78 is 25.4. The van der Waals surface area contributed by atoms with E-state index < -0.39 is 10.0 Å². The Morgan fingerprint density at radius 2 is 2.11 bits per heavy atom. The number of thiazole rings is 1. The predicted molar refractivity (Wildman–Crippen MR) is 106 cm³/mol. The predicted octanol–water partition coefficient (Wildman–Crippen LogP) is 3.04. The first-order valence-corrected chi connectivity index (χ1v) is 11.0. The van der Waals surface area contributed by atoms with Crippen LogP contribution in [0.1, 0.15) is 33.9 Å². The second-order valence-corrected chi connectivity index (χ2v) is 9.09. The number of hydrogen-bond donors (Lipinski definition) is 1. The lowest BCUT2D eigenvalue weighted by molar-refractivity contribution is -0.0258. The number of carbonyl (C=O) groups excluding carboxylic acids is 1. The lowest BCUT2D eigenvalue weighted by Crippen LogP contribution is -2.27. The number of benzene rings is 1. The van der Waals surface area contributed by atoms with Gasteiger partial charge in [0.15, 0.2) is 0 Å². The molecule has 2 rings (SSSR count). The van der Waals surface area contributed by atoms with Crippen molar-refractivity contribution in [3.05, 3.63) is 44.9 Å². The van der Waals surface area contributed by atoms with Crippen LogP contribution in [0, 0.1) is 6.92 Å². The van der Waals surface area contributed by atoms with Gasteiger partial charge in [-0.2, -0.15) is 0 Å². The summed E-state index contributed by atoms with van der Waals surface area (Å²) in [7, 11) is -1.46. The maximum Gasteiger partial charge on any atom is 0.266 e. The van der Waals surface area contributed by atoms with E-state index in [1.54, 1.807) is 11.3 Å². The highest BCUT2D eigenvalue weighted by atomic mass is 35.5. The van der Waals surface area contributed by atoms with Crippen molar-refractivity contribution < 1.29 is 18.0 Å². The summed E-state index contributed by atoms with van der Waals surface area (Å²) in [5.74, 6) is -0.353. The van der Waals surface area contributed by atoms with Crippen molar-refractivity contribution in [2.75, 3.05) is 20.7 Å². The number of sulfonamides is 1. The molecule has 0 saturated heterocycles. The zero-order valence-corrected chi connectivity index (χ0v) is 17.7. The number of rotatable bonds is 9. The van der Waals surface area contributed by atoms with Crippen LogP contribution >= 0.6 is 22.9 Å². The van der Waals surface area contributed by atoms with Gasteiger partial charge in [-0.05, 0) is 44.4 Å². The molecule has 0 radical (unpaired) electrons. The van der Waals surface area contributed by atoms with Gasteiger partial charge in [0.25, 0.3) is 15.9 Å². The molecule has 0 fully saturated rings.